The van der Waals surface area contributed by atoms with Crippen LogP contribution in [0.1, 0.15) is 10.4 Å². The highest BCUT2D eigenvalue weighted by atomic mass is 32.2. The van der Waals surface area contributed by atoms with Gasteiger partial charge in [0.2, 0.25) is 0 Å². The lowest BCUT2D eigenvalue weighted by Gasteiger charge is -2.11. The number of phenolic OH excluding ortho intramolecular Hbond substituents is 1. The van der Waals surface area contributed by atoms with E-state index in [2.05, 4.69) is 15.5 Å². The molecule has 1 amide bonds. The zero-order valence-corrected chi connectivity index (χ0v) is 19.7. The second kappa shape index (κ2) is 9.47. The molecule has 0 bridgehead atoms. The molecule has 0 heterocycles. The van der Waals surface area contributed by atoms with Crippen molar-refractivity contribution in [1.82, 2.24) is 0 Å². The molecule has 0 saturated carbocycles. The Labute approximate surface area is 205 Å². The minimum atomic E-state index is -4.59. The fourth-order valence-electron chi connectivity index (χ4n) is 3.36. The number of nitrogens with zero attached hydrogens (tertiary/aromatic N) is 2. The van der Waals surface area contributed by atoms with Crippen molar-refractivity contribution in [2.24, 2.45) is 10.2 Å². The third-order valence-electron chi connectivity index (χ3n) is 5.05. The molecule has 4 N–H and O–H groups in total. The Morgan fingerprint density at radius 2 is 1.42 bits per heavy atom. The zero-order valence-electron chi connectivity index (χ0n) is 18.1. The van der Waals surface area contributed by atoms with Crippen LogP contribution >= 0.6 is 0 Å². The molecule has 0 saturated heterocycles. The number of amides is 1. The highest BCUT2D eigenvalue weighted by molar-refractivity contribution is 7.86. The van der Waals surface area contributed by atoms with Gasteiger partial charge in [-0.3, -0.25) is 13.9 Å². The third-order valence-corrected chi connectivity index (χ3v) is 6.82. The van der Waals surface area contributed by atoms with Gasteiger partial charge in [0.1, 0.15) is 16.3 Å². The number of hydrogen-bond acceptors (Lipinski definition) is 8. The predicted octanol–water partition coefficient (Wildman–Crippen LogP) is 4.71. The van der Waals surface area contributed by atoms with Crippen LogP contribution in [0.5, 0.6) is 5.75 Å². The van der Waals surface area contributed by atoms with E-state index in [0.29, 0.717) is 10.8 Å². The molecule has 0 aliphatic heterocycles. The third kappa shape index (κ3) is 5.23. The Kier molecular flexibility index (Phi) is 6.56. The molecule has 0 aliphatic carbocycles. The number of rotatable bonds is 6. The van der Waals surface area contributed by atoms with Crippen molar-refractivity contribution in [1.29, 1.82) is 0 Å². The van der Waals surface area contributed by atoms with E-state index in [9.17, 15) is 31.3 Å². The van der Waals surface area contributed by atoms with E-state index in [0.717, 1.165) is 18.2 Å². The van der Waals surface area contributed by atoms with Crippen LogP contribution in [0.2, 0.25) is 0 Å². The lowest BCUT2D eigenvalue weighted by atomic mass is 10.0. The van der Waals surface area contributed by atoms with Gasteiger partial charge in [0.05, 0.1) is 10.5 Å². The van der Waals surface area contributed by atoms with Crippen molar-refractivity contribution >= 4 is 54.0 Å². The van der Waals surface area contributed by atoms with Crippen LogP contribution in [-0.2, 0) is 20.2 Å². The summed E-state index contributed by atoms with van der Waals surface area (Å²) < 4.78 is 64.2. The summed E-state index contributed by atoms with van der Waals surface area (Å²) >= 11 is 0. The number of hydrogen-bond donors (Lipinski definition) is 4. The molecule has 4 aromatic rings. The molecule has 0 atom stereocenters. The monoisotopic (exact) mass is 527 g/mol. The number of azo groups is 1. The zero-order chi connectivity index (χ0) is 26.1. The van der Waals surface area contributed by atoms with Crippen LogP contribution in [0.3, 0.4) is 0 Å². The first-order chi connectivity index (χ1) is 16.9. The quantitative estimate of drug-likeness (QED) is 0.205. The number of fused-ring (bicyclic) bond motifs is 1. The molecule has 4 rings (SSSR count). The molecule has 4 aromatic carbocycles. The Morgan fingerprint density at radius 3 is 2.08 bits per heavy atom. The molecular formula is C23H17N3O8S2. The fraction of sp³-hybridized carbons (Fsp3) is 0. The average Bonchev–Trinajstić information content (AvgIpc) is 2.82. The second-order valence-corrected chi connectivity index (χ2v) is 10.3. The lowest BCUT2D eigenvalue weighted by Crippen LogP contribution is -2.12. The van der Waals surface area contributed by atoms with Crippen LogP contribution < -0.4 is 5.32 Å². The van der Waals surface area contributed by atoms with E-state index in [-0.39, 0.29) is 27.5 Å². The molecule has 184 valence electrons. The fourth-order valence-corrected chi connectivity index (χ4v) is 4.47. The van der Waals surface area contributed by atoms with E-state index in [4.69, 9.17) is 4.55 Å². The van der Waals surface area contributed by atoms with Gasteiger partial charge in [0.25, 0.3) is 26.1 Å². The van der Waals surface area contributed by atoms with Gasteiger partial charge in [-0.05, 0) is 47.9 Å². The summed E-state index contributed by atoms with van der Waals surface area (Å²) in [6, 6.07) is 18.1. The lowest BCUT2D eigenvalue weighted by molar-refractivity contribution is 0.102. The number of aromatic hydroxyl groups is 1. The first-order valence-corrected chi connectivity index (χ1v) is 12.9. The molecule has 0 unspecified atom stereocenters. The Hall–Kier alpha value is -4.17. The van der Waals surface area contributed by atoms with Crippen molar-refractivity contribution in [3.8, 4) is 5.75 Å². The van der Waals surface area contributed by atoms with Crippen molar-refractivity contribution in [2.45, 2.75) is 9.79 Å². The van der Waals surface area contributed by atoms with Gasteiger partial charge >= 0.3 is 0 Å². The molecule has 13 heteroatoms. The van der Waals surface area contributed by atoms with Gasteiger partial charge < -0.3 is 10.4 Å². The Balaban J connectivity index is 1.76. The SMILES string of the molecule is O=C(Nc1ccc(S(=O)(=O)O)cc1)c1cc2ccccc2c(N=Nc2ccccc2S(=O)(=O)O)c1O. The summed E-state index contributed by atoms with van der Waals surface area (Å²) in [6.07, 6.45) is 0. The largest absolute Gasteiger partial charge is 0.505 e. The molecule has 0 fully saturated rings. The molecule has 0 spiro atoms. The normalized spacial score (nSPS) is 12.2. The number of carbonyl (C=O) groups is 1. The standard InChI is InChI=1S/C23H17N3O8S2/c27-22-18(23(28)24-15-9-11-16(12-10-15)35(29,30)31)13-14-5-1-2-6-17(14)21(22)26-25-19-7-3-4-8-20(19)36(32,33)34/h1-13,27H,(H,24,28)(H,29,30,31)(H,32,33,34). The maximum atomic E-state index is 12.9. The number of carbonyl (C=O) groups excluding carboxylic acids is 1. The smallest absolute Gasteiger partial charge is 0.296 e. The number of nitrogens with one attached hydrogen (secondary N) is 1. The Morgan fingerprint density at radius 1 is 0.778 bits per heavy atom. The van der Waals surface area contributed by atoms with Gasteiger partial charge in [-0.15, -0.1) is 10.2 Å². The highest BCUT2D eigenvalue weighted by Crippen LogP contribution is 2.40. The molecule has 11 nitrogen and oxygen atoms in total. The van der Waals surface area contributed by atoms with E-state index < -0.39 is 36.8 Å². The van der Waals surface area contributed by atoms with Crippen LogP contribution in [0.15, 0.2) is 98.9 Å². The first-order valence-electron chi connectivity index (χ1n) is 10.1. The topological polar surface area (TPSA) is 183 Å². The van der Waals surface area contributed by atoms with Crippen molar-refractivity contribution in [2.75, 3.05) is 5.32 Å². The van der Waals surface area contributed by atoms with Crippen LogP contribution in [-0.4, -0.2) is 37.0 Å². The summed E-state index contributed by atoms with van der Waals surface area (Å²) in [5.74, 6) is -1.30. The maximum absolute atomic E-state index is 12.9. The minimum absolute atomic E-state index is 0.120. The summed E-state index contributed by atoms with van der Waals surface area (Å²) in [5, 5.41) is 22.2. The molecular weight excluding hydrogens is 510 g/mol. The molecule has 0 aromatic heterocycles. The van der Waals surface area contributed by atoms with Gasteiger partial charge in [0, 0.05) is 11.1 Å². The predicted molar refractivity (Wildman–Crippen MR) is 130 cm³/mol. The van der Waals surface area contributed by atoms with E-state index in [1.807, 2.05) is 0 Å². The maximum Gasteiger partial charge on any atom is 0.296 e. The van der Waals surface area contributed by atoms with Crippen molar-refractivity contribution < 1.29 is 35.8 Å². The van der Waals surface area contributed by atoms with E-state index in [1.165, 1.54) is 36.4 Å². The average molecular weight is 528 g/mol. The summed E-state index contributed by atoms with van der Waals surface area (Å²) in [6.45, 7) is 0. The van der Waals surface area contributed by atoms with Crippen LogP contribution in [0.4, 0.5) is 17.1 Å². The summed E-state index contributed by atoms with van der Waals surface area (Å²) in [5.41, 5.74) is -0.308. The number of anilines is 1. The summed E-state index contributed by atoms with van der Waals surface area (Å²) in [4.78, 5) is 12.1. The molecule has 0 radical (unpaired) electrons. The van der Waals surface area contributed by atoms with Gasteiger partial charge in [-0.1, -0.05) is 36.4 Å². The van der Waals surface area contributed by atoms with E-state index in [1.54, 1.807) is 24.3 Å². The van der Waals surface area contributed by atoms with Crippen molar-refractivity contribution in [3.63, 3.8) is 0 Å². The molecule has 36 heavy (non-hydrogen) atoms. The molecule has 0 aliphatic rings. The second-order valence-electron chi connectivity index (χ2n) is 7.44. The highest BCUT2D eigenvalue weighted by Gasteiger charge is 2.20. The summed E-state index contributed by atoms with van der Waals surface area (Å²) in [7, 11) is -9.00. The Bertz CT molecular complexity index is 1730. The van der Waals surface area contributed by atoms with Crippen molar-refractivity contribution in [3.05, 3.63) is 84.4 Å². The van der Waals surface area contributed by atoms with E-state index >= 15 is 0 Å². The number of benzene rings is 4. The first kappa shape index (κ1) is 24.9. The number of phenols is 1. The van der Waals surface area contributed by atoms with Gasteiger partial charge in [-0.25, -0.2) is 0 Å². The van der Waals surface area contributed by atoms with Crippen LogP contribution in [0.25, 0.3) is 10.8 Å². The van der Waals surface area contributed by atoms with Gasteiger partial charge in [0.15, 0.2) is 5.75 Å². The van der Waals surface area contributed by atoms with Crippen LogP contribution in [0, 0.1) is 0 Å². The van der Waals surface area contributed by atoms with Gasteiger partial charge in [-0.2, -0.15) is 16.8 Å². The minimum Gasteiger partial charge on any atom is -0.505 e.